The van der Waals surface area contributed by atoms with Crippen molar-refractivity contribution >= 4 is 22.0 Å². The smallest absolute Gasteiger partial charge is 0.259 e. The SMILES string of the molecule is CCc1nn2c(=O)c([N+](=O)[O-])c(C)nc2s1. The van der Waals surface area contributed by atoms with Gasteiger partial charge in [-0.2, -0.15) is 9.61 Å². The number of nitro groups is 1. The molecule has 0 aromatic carbocycles. The molecule has 0 saturated carbocycles. The average molecular weight is 240 g/mol. The Hall–Kier alpha value is -1.83. The van der Waals surface area contributed by atoms with Gasteiger partial charge in [0.05, 0.1) is 4.92 Å². The minimum absolute atomic E-state index is 0.126. The van der Waals surface area contributed by atoms with Gasteiger partial charge in [-0.05, 0) is 13.3 Å². The highest BCUT2D eigenvalue weighted by molar-refractivity contribution is 7.16. The van der Waals surface area contributed by atoms with Crippen LogP contribution in [0.5, 0.6) is 0 Å². The molecule has 2 heterocycles. The first kappa shape index (κ1) is 10.7. The van der Waals surface area contributed by atoms with Crippen molar-refractivity contribution in [2.75, 3.05) is 0 Å². The second-order valence-corrected chi connectivity index (χ2v) is 4.19. The second-order valence-electron chi connectivity index (χ2n) is 3.15. The van der Waals surface area contributed by atoms with Crippen molar-refractivity contribution in [3.8, 4) is 0 Å². The lowest BCUT2D eigenvalue weighted by Crippen LogP contribution is -2.20. The van der Waals surface area contributed by atoms with E-state index in [1.165, 1.54) is 18.3 Å². The van der Waals surface area contributed by atoms with E-state index in [0.717, 1.165) is 9.52 Å². The Morgan fingerprint density at radius 1 is 1.56 bits per heavy atom. The van der Waals surface area contributed by atoms with Crippen molar-refractivity contribution < 1.29 is 4.92 Å². The maximum atomic E-state index is 11.7. The molecule has 0 atom stereocenters. The molecule has 0 aliphatic heterocycles. The largest absolute Gasteiger partial charge is 0.357 e. The summed E-state index contributed by atoms with van der Waals surface area (Å²) < 4.78 is 0.995. The highest BCUT2D eigenvalue weighted by atomic mass is 32.1. The molecule has 8 heteroatoms. The van der Waals surface area contributed by atoms with E-state index in [0.29, 0.717) is 11.4 Å². The topological polar surface area (TPSA) is 90.4 Å². The van der Waals surface area contributed by atoms with Crippen LogP contribution < -0.4 is 5.56 Å². The summed E-state index contributed by atoms with van der Waals surface area (Å²) in [4.78, 5) is 26.1. The molecule has 84 valence electrons. The van der Waals surface area contributed by atoms with E-state index in [-0.39, 0.29) is 5.69 Å². The van der Waals surface area contributed by atoms with Crippen LogP contribution in [0, 0.1) is 17.0 Å². The molecule has 2 aromatic heterocycles. The fraction of sp³-hybridized carbons (Fsp3) is 0.375. The van der Waals surface area contributed by atoms with Crippen LogP contribution in [0.3, 0.4) is 0 Å². The lowest BCUT2D eigenvalue weighted by Gasteiger charge is -1.94. The van der Waals surface area contributed by atoms with Crippen molar-refractivity contribution in [3.63, 3.8) is 0 Å². The average Bonchev–Trinajstić information content (AvgIpc) is 2.60. The Kier molecular flexibility index (Phi) is 2.43. The number of fused-ring (bicyclic) bond motifs is 1. The molecule has 0 unspecified atom stereocenters. The summed E-state index contributed by atoms with van der Waals surface area (Å²) in [7, 11) is 0. The lowest BCUT2D eigenvalue weighted by atomic mass is 10.4. The molecule has 16 heavy (non-hydrogen) atoms. The zero-order chi connectivity index (χ0) is 11.9. The van der Waals surface area contributed by atoms with E-state index in [1.807, 2.05) is 6.92 Å². The second kappa shape index (κ2) is 3.63. The van der Waals surface area contributed by atoms with Crippen LogP contribution in [-0.4, -0.2) is 19.5 Å². The first-order chi connectivity index (χ1) is 7.54. The summed E-state index contributed by atoms with van der Waals surface area (Å²) in [5.74, 6) is 0. The summed E-state index contributed by atoms with van der Waals surface area (Å²) >= 11 is 1.26. The summed E-state index contributed by atoms with van der Waals surface area (Å²) in [6.45, 7) is 3.34. The van der Waals surface area contributed by atoms with Crippen molar-refractivity contribution in [3.05, 3.63) is 31.2 Å². The number of aryl methyl sites for hydroxylation is 2. The Bertz CT molecular complexity index is 630. The summed E-state index contributed by atoms with van der Waals surface area (Å²) in [6.07, 6.45) is 0.667. The number of hydrogen-bond donors (Lipinski definition) is 0. The zero-order valence-electron chi connectivity index (χ0n) is 8.63. The normalized spacial score (nSPS) is 10.9. The first-order valence-corrected chi connectivity index (χ1v) is 5.40. The Morgan fingerprint density at radius 3 is 2.81 bits per heavy atom. The van der Waals surface area contributed by atoms with Gasteiger partial charge in [0.15, 0.2) is 0 Å². The monoisotopic (exact) mass is 240 g/mol. The molecular formula is C8H8N4O3S. The molecule has 0 aliphatic carbocycles. The molecule has 0 spiro atoms. The zero-order valence-corrected chi connectivity index (χ0v) is 9.45. The molecular weight excluding hydrogens is 232 g/mol. The van der Waals surface area contributed by atoms with Gasteiger partial charge in [0.25, 0.3) is 0 Å². The van der Waals surface area contributed by atoms with Crippen LogP contribution in [0.25, 0.3) is 4.96 Å². The van der Waals surface area contributed by atoms with E-state index in [2.05, 4.69) is 10.1 Å². The minimum atomic E-state index is -0.720. The van der Waals surface area contributed by atoms with E-state index >= 15 is 0 Å². The van der Waals surface area contributed by atoms with E-state index in [9.17, 15) is 14.9 Å². The van der Waals surface area contributed by atoms with E-state index in [4.69, 9.17) is 0 Å². The molecule has 7 nitrogen and oxygen atoms in total. The highest BCUT2D eigenvalue weighted by Crippen LogP contribution is 2.16. The Labute approximate surface area is 93.5 Å². The van der Waals surface area contributed by atoms with E-state index in [1.54, 1.807) is 0 Å². The van der Waals surface area contributed by atoms with Gasteiger partial charge in [-0.1, -0.05) is 18.3 Å². The third-order valence-electron chi connectivity index (χ3n) is 2.09. The molecule has 0 amide bonds. The van der Waals surface area contributed by atoms with Gasteiger partial charge < -0.3 is 0 Å². The van der Waals surface area contributed by atoms with Crippen LogP contribution in [0.2, 0.25) is 0 Å². The van der Waals surface area contributed by atoms with Crippen LogP contribution in [0.15, 0.2) is 4.79 Å². The number of hydrogen-bond acceptors (Lipinski definition) is 6. The predicted octanol–water partition coefficient (Wildman–Crippen LogP) is 0.930. The molecule has 2 rings (SSSR count). The standard InChI is InChI=1S/C8H8N4O3S/c1-3-5-10-11-7(13)6(12(14)15)4(2)9-8(11)16-5/h3H2,1-2H3. The van der Waals surface area contributed by atoms with Crippen molar-refractivity contribution in [1.29, 1.82) is 0 Å². The number of aromatic nitrogens is 3. The fourth-order valence-electron chi connectivity index (χ4n) is 1.33. The van der Waals surface area contributed by atoms with Gasteiger partial charge in [0, 0.05) is 0 Å². The minimum Gasteiger partial charge on any atom is -0.259 e. The molecule has 0 radical (unpaired) electrons. The maximum absolute atomic E-state index is 11.7. The third kappa shape index (κ3) is 1.47. The van der Waals surface area contributed by atoms with Gasteiger partial charge in [-0.3, -0.25) is 14.9 Å². The summed E-state index contributed by atoms with van der Waals surface area (Å²) in [5, 5.41) is 15.4. The molecule has 0 fully saturated rings. The van der Waals surface area contributed by atoms with Crippen LogP contribution >= 0.6 is 11.3 Å². The van der Waals surface area contributed by atoms with Crippen molar-refractivity contribution in [2.24, 2.45) is 0 Å². The first-order valence-electron chi connectivity index (χ1n) is 4.58. The molecule has 0 saturated heterocycles. The molecule has 2 aromatic rings. The highest BCUT2D eigenvalue weighted by Gasteiger charge is 2.22. The van der Waals surface area contributed by atoms with Gasteiger partial charge in [-0.25, -0.2) is 4.98 Å². The number of nitrogens with zero attached hydrogens (tertiary/aromatic N) is 4. The van der Waals surface area contributed by atoms with E-state index < -0.39 is 16.2 Å². The quantitative estimate of drug-likeness (QED) is 0.575. The maximum Gasteiger partial charge on any atom is 0.357 e. The third-order valence-corrected chi connectivity index (χ3v) is 3.14. The lowest BCUT2D eigenvalue weighted by molar-refractivity contribution is -0.387. The number of rotatable bonds is 2. The Morgan fingerprint density at radius 2 is 2.25 bits per heavy atom. The van der Waals surface area contributed by atoms with Crippen molar-refractivity contribution in [1.82, 2.24) is 14.6 Å². The van der Waals surface area contributed by atoms with Crippen LogP contribution in [-0.2, 0) is 6.42 Å². The van der Waals surface area contributed by atoms with Crippen molar-refractivity contribution in [2.45, 2.75) is 20.3 Å². The Balaban J connectivity index is 2.87. The molecule has 0 N–H and O–H groups in total. The summed E-state index contributed by atoms with van der Waals surface area (Å²) in [6, 6.07) is 0. The van der Waals surface area contributed by atoms with Gasteiger partial charge in [-0.15, -0.1) is 0 Å². The molecule has 0 bridgehead atoms. The summed E-state index contributed by atoms with van der Waals surface area (Å²) in [5.41, 5.74) is -1.10. The van der Waals surface area contributed by atoms with Gasteiger partial charge >= 0.3 is 11.2 Å². The van der Waals surface area contributed by atoms with Gasteiger partial charge in [0.1, 0.15) is 10.7 Å². The fourth-order valence-corrected chi connectivity index (χ4v) is 2.20. The molecule has 0 aliphatic rings. The van der Waals surface area contributed by atoms with Gasteiger partial charge in [0.2, 0.25) is 4.96 Å². The predicted molar refractivity (Wildman–Crippen MR) is 57.9 cm³/mol. The van der Waals surface area contributed by atoms with Crippen LogP contribution in [0.1, 0.15) is 17.6 Å². The van der Waals surface area contributed by atoms with Crippen LogP contribution in [0.4, 0.5) is 5.69 Å².